The molecule has 0 aliphatic rings. The van der Waals surface area contributed by atoms with Gasteiger partial charge in [-0.25, -0.2) is 4.98 Å². The van der Waals surface area contributed by atoms with Gasteiger partial charge in [-0.15, -0.1) is 0 Å². The summed E-state index contributed by atoms with van der Waals surface area (Å²) in [6, 6.07) is 0. The molecule has 0 amide bonds. The van der Waals surface area contributed by atoms with Crippen LogP contribution < -0.4 is 0 Å². The van der Waals surface area contributed by atoms with Gasteiger partial charge in [0, 0.05) is 7.05 Å². The fraction of sp³-hybridized carbons (Fsp3) is 0.333. The maximum Gasteiger partial charge on any atom is 0.185 e. The Morgan fingerprint density at radius 2 is 2.30 bits per heavy atom. The molecule has 0 unspecified atom stereocenters. The summed E-state index contributed by atoms with van der Waals surface area (Å²) < 4.78 is 1.65. The van der Waals surface area contributed by atoms with Crippen LogP contribution in [0.25, 0.3) is 0 Å². The van der Waals surface area contributed by atoms with Crippen molar-refractivity contribution in [1.82, 2.24) is 9.55 Å². The van der Waals surface area contributed by atoms with E-state index in [1.165, 1.54) is 0 Å². The summed E-state index contributed by atoms with van der Waals surface area (Å²) in [5, 5.41) is 0.393. The zero-order valence-electron chi connectivity index (χ0n) is 5.76. The lowest BCUT2D eigenvalue weighted by atomic mass is 10.5. The van der Waals surface area contributed by atoms with Crippen LogP contribution >= 0.6 is 11.6 Å². The van der Waals surface area contributed by atoms with E-state index in [4.69, 9.17) is 11.6 Å². The molecule has 0 fully saturated rings. The Morgan fingerprint density at radius 3 is 2.50 bits per heavy atom. The highest BCUT2D eigenvalue weighted by Crippen LogP contribution is 2.12. The van der Waals surface area contributed by atoms with Gasteiger partial charge in [0.15, 0.2) is 17.3 Å². The van der Waals surface area contributed by atoms with Gasteiger partial charge >= 0.3 is 0 Å². The van der Waals surface area contributed by atoms with Crippen molar-refractivity contribution in [3.63, 3.8) is 0 Å². The smallest absolute Gasteiger partial charge is 0.185 e. The molecule has 54 valence electrons. The first kappa shape index (κ1) is 7.28. The van der Waals surface area contributed by atoms with Crippen LogP contribution in [0.1, 0.15) is 16.3 Å². The van der Waals surface area contributed by atoms with Crippen LogP contribution in [0.3, 0.4) is 0 Å². The number of carbonyl (C=O) groups excluding carboxylic acids is 1. The van der Waals surface area contributed by atoms with E-state index in [0.29, 0.717) is 17.3 Å². The lowest BCUT2D eigenvalue weighted by molar-refractivity contribution is 0.111. The molecular weight excluding hydrogens is 152 g/mol. The first-order valence-corrected chi connectivity index (χ1v) is 3.18. The molecule has 10 heavy (non-hydrogen) atoms. The van der Waals surface area contributed by atoms with Crippen LogP contribution in [0.15, 0.2) is 0 Å². The molecule has 4 heteroatoms. The number of imidazole rings is 1. The summed E-state index contributed by atoms with van der Waals surface area (Å²) in [4.78, 5) is 14.0. The van der Waals surface area contributed by atoms with E-state index in [1.54, 1.807) is 11.6 Å². The van der Waals surface area contributed by atoms with E-state index in [-0.39, 0.29) is 0 Å². The largest absolute Gasteiger partial charge is 0.328 e. The minimum Gasteiger partial charge on any atom is -0.328 e. The molecule has 0 spiro atoms. The van der Waals surface area contributed by atoms with Gasteiger partial charge < -0.3 is 4.57 Å². The number of carbonyl (C=O) groups is 1. The van der Waals surface area contributed by atoms with Gasteiger partial charge in [0.05, 0.1) is 5.69 Å². The molecule has 3 nitrogen and oxygen atoms in total. The second-order valence-corrected chi connectivity index (χ2v) is 2.38. The minimum atomic E-state index is 0.363. The Hall–Kier alpha value is -0.830. The molecule has 0 aliphatic carbocycles. The SMILES string of the molecule is Cc1c(Cl)nc(C=O)n1C. The fourth-order valence-electron chi connectivity index (χ4n) is 0.672. The van der Waals surface area contributed by atoms with Crippen molar-refractivity contribution in [3.8, 4) is 0 Å². The average Bonchev–Trinajstić information content (AvgIpc) is 2.17. The van der Waals surface area contributed by atoms with Crippen molar-refractivity contribution in [2.24, 2.45) is 7.05 Å². The van der Waals surface area contributed by atoms with E-state index in [9.17, 15) is 4.79 Å². The number of hydrogen-bond acceptors (Lipinski definition) is 2. The Morgan fingerprint density at radius 1 is 1.70 bits per heavy atom. The van der Waals surface area contributed by atoms with Gasteiger partial charge in [0.2, 0.25) is 0 Å². The van der Waals surface area contributed by atoms with Crippen molar-refractivity contribution >= 4 is 17.9 Å². The molecule has 0 bridgehead atoms. The second-order valence-electron chi connectivity index (χ2n) is 2.02. The summed E-state index contributed by atoms with van der Waals surface area (Å²) in [6.45, 7) is 1.81. The number of hydrogen-bond donors (Lipinski definition) is 0. The van der Waals surface area contributed by atoms with E-state index in [0.717, 1.165) is 5.69 Å². The van der Waals surface area contributed by atoms with E-state index >= 15 is 0 Å². The Bertz CT molecular complexity index is 267. The molecule has 0 saturated heterocycles. The predicted octanol–water partition coefficient (Wildman–Crippen LogP) is 1.19. The van der Waals surface area contributed by atoms with Crippen LogP contribution in [-0.4, -0.2) is 15.8 Å². The third-order valence-corrected chi connectivity index (χ3v) is 1.82. The number of aromatic nitrogens is 2. The maximum atomic E-state index is 10.3. The van der Waals surface area contributed by atoms with Gasteiger partial charge in [-0.05, 0) is 6.92 Å². The minimum absolute atomic E-state index is 0.363. The van der Waals surface area contributed by atoms with Gasteiger partial charge in [-0.2, -0.15) is 0 Å². The van der Waals surface area contributed by atoms with Crippen molar-refractivity contribution in [2.75, 3.05) is 0 Å². The highest BCUT2D eigenvalue weighted by Gasteiger charge is 2.06. The van der Waals surface area contributed by atoms with Crippen LogP contribution in [0, 0.1) is 6.92 Å². The topological polar surface area (TPSA) is 34.9 Å². The van der Waals surface area contributed by atoms with Gasteiger partial charge in [-0.1, -0.05) is 11.6 Å². The number of rotatable bonds is 1. The molecule has 0 N–H and O–H groups in total. The third-order valence-electron chi connectivity index (χ3n) is 1.46. The van der Waals surface area contributed by atoms with Crippen molar-refractivity contribution in [3.05, 3.63) is 16.7 Å². The standard InChI is InChI=1S/C6H7ClN2O/c1-4-6(7)8-5(3-10)9(4)2/h3H,1-2H3. The number of aldehydes is 1. The van der Waals surface area contributed by atoms with Gasteiger partial charge in [-0.3, -0.25) is 4.79 Å². The van der Waals surface area contributed by atoms with Crippen molar-refractivity contribution in [2.45, 2.75) is 6.92 Å². The Kier molecular flexibility index (Phi) is 1.76. The first-order valence-electron chi connectivity index (χ1n) is 2.81. The van der Waals surface area contributed by atoms with Crippen molar-refractivity contribution in [1.29, 1.82) is 0 Å². The lowest BCUT2D eigenvalue weighted by Crippen LogP contribution is -1.96. The average molecular weight is 159 g/mol. The molecule has 1 heterocycles. The fourth-order valence-corrected chi connectivity index (χ4v) is 0.885. The van der Waals surface area contributed by atoms with Crippen LogP contribution in [-0.2, 0) is 7.05 Å². The third kappa shape index (κ3) is 0.926. The molecular formula is C6H7ClN2O. The predicted molar refractivity (Wildman–Crippen MR) is 38.3 cm³/mol. The normalized spacial score (nSPS) is 9.90. The molecule has 1 rings (SSSR count). The number of halogens is 1. The van der Waals surface area contributed by atoms with Gasteiger partial charge in [0.1, 0.15) is 0 Å². The summed E-state index contributed by atoms with van der Waals surface area (Å²) in [5.74, 6) is 0.363. The number of nitrogens with zero attached hydrogens (tertiary/aromatic N) is 2. The molecule has 1 aromatic rings. The quantitative estimate of drug-likeness (QED) is 0.576. The van der Waals surface area contributed by atoms with Gasteiger partial charge in [0.25, 0.3) is 0 Å². The van der Waals surface area contributed by atoms with Crippen LogP contribution in [0.2, 0.25) is 5.15 Å². The molecule has 0 aliphatic heterocycles. The molecule has 0 aromatic carbocycles. The zero-order chi connectivity index (χ0) is 7.72. The summed E-state index contributed by atoms with van der Waals surface area (Å²) in [6.07, 6.45) is 0.679. The monoisotopic (exact) mass is 158 g/mol. The summed E-state index contributed by atoms with van der Waals surface area (Å²) in [5.41, 5.74) is 0.809. The lowest BCUT2D eigenvalue weighted by Gasteiger charge is -1.93. The Balaban J connectivity index is 3.30. The maximum absolute atomic E-state index is 10.3. The van der Waals surface area contributed by atoms with E-state index in [1.807, 2.05) is 6.92 Å². The van der Waals surface area contributed by atoms with E-state index in [2.05, 4.69) is 4.98 Å². The molecule has 0 radical (unpaired) electrons. The molecule has 0 saturated carbocycles. The molecule has 1 aromatic heterocycles. The highest BCUT2D eigenvalue weighted by atomic mass is 35.5. The zero-order valence-corrected chi connectivity index (χ0v) is 6.51. The highest BCUT2D eigenvalue weighted by molar-refractivity contribution is 6.30. The van der Waals surface area contributed by atoms with Crippen LogP contribution in [0.5, 0.6) is 0 Å². The molecule has 0 atom stereocenters. The second kappa shape index (κ2) is 2.42. The summed E-state index contributed by atoms with van der Waals surface area (Å²) >= 11 is 5.62. The van der Waals surface area contributed by atoms with Crippen LogP contribution in [0.4, 0.5) is 0 Å². The first-order chi connectivity index (χ1) is 4.66. The summed E-state index contributed by atoms with van der Waals surface area (Å²) in [7, 11) is 1.75. The van der Waals surface area contributed by atoms with E-state index < -0.39 is 0 Å². The van der Waals surface area contributed by atoms with Crippen molar-refractivity contribution < 1.29 is 4.79 Å². The Labute approximate surface area is 63.6 Å².